The Morgan fingerprint density at radius 3 is 1.83 bits per heavy atom. The molecule has 0 amide bonds. The van der Waals surface area contributed by atoms with E-state index in [4.69, 9.17) is 20.1 Å². The summed E-state index contributed by atoms with van der Waals surface area (Å²) in [4.78, 5) is 9.83. The Hall–Kier alpha value is -6.26. The molecule has 0 aliphatic heterocycles. The second-order valence-electron chi connectivity index (χ2n) is 11.5. The third-order valence-electron chi connectivity index (χ3n) is 8.63. The highest BCUT2D eigenvalue weighted by Crippen LogP contribution is 2.39. The third-order valence-corrected chi connectivity index (χ3v) is 8.63. The molecule has 4 nitrogen and oxygen atoms in total. The van der Waals surface area contributed by atoms with E-state index in [0.717, 1.165) is 44.2 Å². The van der Waals surface area contributed by atoms with E-state index in [1.807, 2.05) is 72.8 Å². The maximum Gasteiger partial charge on any atom is 0.157 e. The lowest BCUT2D eigenvalue weighted by Gasteiger charge is -2.12. The van der Waals surface area contributed by atoms with Gasteiger partial charge >= 0.3 is 0 Å². The molecule has 224 valence electrons. The van der Waals surface area contributed by atoms with Crippen LogP contribution in [0.4, 0.5) is 0 Å². The summed E-state index contributed by atoms with van der Waals surface area (Å²) in [7, 11) is 0. The number of nitrogens with zero attached hydrogens (tertiary/aromatic N) is 2. The van der Waals surface area contributed by atoms with Crippen LogP contribution < -0.4 is 5.73 Å². The number of aliphatic imine (C=N–C) groups is 2. The molecule has 8 aromatic rings. The zero-order valence-electron chi connectivity index (χ0n) is 25.7. The van der Waals surface area contributed by atoms with Crippen molar-refractivity contribution < 1.29 is 4.42 Å². The van der Waals surface area contributed by atoms with Crippen molar-refractivity contribution in [3.8, 4) is 22.3 Å². The number of hydrogen-bond donors (Lipinski definition) is 1. The standard InChI is InChI=1S/C43H31N3O/c44-42(30-15-6-2-7-16-30)46-43(31-17-8-3-9-18-31)45-28-33-19-12-22-40-41(33)38-27-32(23-26-39(38)47-40)35-25-24-34(29-13-4-1-5-14-29)36-20-10-11-21-37(35)36/h1-27H,28H2,(H2,44,45,46). The molecule has 1 heterocycles. The Kier molecular flexibility index (Phi) is 7.37. The van der Waals surface area contributed by atoms with Crippen molar-refractivity contribution >= 4 is 44.4 Å². The SMILES string of the molecule is NC(=NC(=NCc1cccc2oc3ccc(-c4ccc(-c5ccccc5)c5ccccc45)cc3c12)c1ccccc1)c1ccccc1. The van der Waals surface area contributed by atoms with Crippen LogP contribution in [0, 0.1) is 0 Å². The molecule has 0 bridgehead atoms. The fraction of sp³-hybridized carbons (Fsp3) is 0.0233. The van der Waals surface area contributed by atoms with Crippen LogP contribution in [0.2, 0.25) is 0 Å². The molecule has 0 unspecified atom stereocenters. The van der Waals surface area contributed by atoms with Gasteiger partial charge in [0, 0.05) is 21.9 Å². The fourth-order valence-electron chi connectivity index (χ4n) is 6.35. The minimum atomic E-state index is 0.417. The minimum Gasteiger partial charge on any atom is -0.456 e. The quantitative estimate of drug-likeness (QED) is 0.151. The summed E-state index contributed by atoms with van der Waals surface area (Å²) in [5.74, 6) is 1.01. The van der Waals surface area contributed by atoms with Crippen LogP contribution in [0.5, 0.6) is 0 Å². The molecule has 2 N–H and O–H groups in total. The number of nitrogens with two attached hydrogens (primary N) is 1. The van der Waals surface area contributed by atoms with Crippen LogP contribution in [-0.2, 0) is 6.54 Å². The van der Waals surface area contributed by atoms with E-state index in [-0.39, 0.29) is 0 Å². The van der Waals surface area contributed by atoms with E-state index in [1.54, 1.807) is 0 Å². The van der Waals surface area contributed by atoms with Gasteiger partial charge in [0.15, 0.2) is 5.84 Å². The van der Waals surface area contributed by atoms with E-state index in [2.05, 4.69) is 91.0 Å². The summed E-state index contributed by atoms with van der Waals surface area (Å²) in [6, 6.07) is 56.1. The molecule has 0 aliphatic rings. The van der Waals surface area contributed by atoms with Gasteiger partial charge in [-0.2, -0.15) is 0 Å². The zero-order chi connectivity index (χ0) is 31.6. The van der Waals surface area contributed by atoms with Crippen LogP contribution in [0.25, 0.3) is 55.0 Å². The maximum absolute atomic E-state index is 6.46. The van der Waals surface area contributed by atoms with E-state index in [0.29, 0.717) is 18.2 Å². The van der Waals surface area contributed by atoms with Gasteiger partial charge in [-0.3, -0.25) is 4.99 Å². The number of fused-ring (bicyclic) bond motifs is 4. The minimum absolute atomic E-state index is 0.417. The first-order chi connectivity index (χ1) is 23.2. The van der Waals surface area contributed by atoms with Gasteiger partial charge in [-0.15, -0.1) is 0 Å². The fourth-order valence-corrected chi connectivity index (χ4v) is 6.35. The highest BCUT2D eigenvalue weighted by Gasteiger charge is 2.15. The molecule has 0 saturated heterocycles. The molecular formula is C43H31N3O. The van der Waals surface area contributed by atoms with Gasteiger partial charge in [0.1, 0.15) is 17.0 Å². The lowest BCUT2D eigenvalue weighted by atomic mass is 9.91. The third kappa shape index (κ3) is 5.47. The van der Waals surface area contributed by atoms with Crippen molar-refractivity contribution in [3.05, 3.63) is 180 Å². The second-order valence-corrected chi connectivity index (χ2v) is 11.5. The first-order valence-corrected chi connectivity index (χ1v) is 15.7. The van der Waals surface area contributed by atoms with Crippen molar-refractivity contribution in [3.63, 3.8) is 0 Å². The predicted molar refractivity (Wildman–Crippen MR) is 196 cm³/mol. The highest BCUT2D eigenvalue weighted by molar-refractivity contribution is 6.12. The molecule has 0 saturated carbocycles. The van der Waals surface area contributed by atoms with Gasteiger partial charge in [0.25, 0.3) is 0 Å². The first-order valence-electron chi connectivity index (χ1n) is 15.7. The summed E-state index contributed by atoms with van der Waals surface area (Å²) < 4.78 is 6.37. The Morgan fingerprint density at radius 2 is 1.13 bits per heavy atom. The molecule has 8 rings (SSSR count). The van der Waals surface area contributed by atoms with E-state index < -0.39 is 0 Å². The molecule has 1 aromatic heterocycles. The number of hydrogen-bond acceptors (Lipinski definition) is 2. The van der Waals surface area contributed by atoms with Gasteiger partial charge in [0.2, 0.25) is 0 Å². The van der Waals surface area contributed by atoms with E-state index >= 15 is 0 Å². The molecule has 47 heavy (non-hydrogen) atoms. The Balaban J connectivity index is 1.23. The summed E-state index contributed by atoms with van der Waals surface area (Å²) in [5.41, 5.74) is 15.7. The molecule has 0 aliphatic carbocycles. The predicted octanol–water partition coefficient (Wildman–Crippen LogP) is 10.4. The van der Waals surface area contributed by atoms with Gasteiger partial charge < -0.3 is 10.2 Å². The summed E-state index contributed by atoms with van der Waals surface area (Å²) in [6.07, 6.45) is 0. The van der Waals surface area contributed by atoms with Crippen molar-refractivity contribution in [2.75, 3.05) is 0 Å². The summed E-state index contributed by atoms with van der Waals surface area (Å²) >= 11 is 0. The van der Waals surface area contributed by atoms with Crippen LogP contribution in [-0.4, -0.2) is 11.7 Å². The number of rotatable bonds is 6. The monoisotopic (exact) mass is 605 g/mol. The number of furan rings is 1. The highest BCUT2D eigenvalue weighted by atomic mass is 16.3. The lowest BCUT2D eigenvalue weighted by Crippen LogP contribution is -2.16. The van der Waals surface area contributed by atoms with E-state index in [1.165, 1.54) is 27.5 Å². The van der Waals surface area contributed by atoms with Crippen LogP contribution >= 0.6 is 0 Å². The maximum atomic E-state index is 6.46. The lowest BCUT2D eigenvalue weighted by molar-refractivity contribution is 0.668. The van der Waals surface area contributed by atoms with Gasteiger partial charge in [-0.25, -0.2) is 4.99 Å². The van der Waals surface area contributed by atoms with Crippen LogP contribution in [0.3, 0.4) is 0 Å². The number of benzene rings is 7. The molecule has 0 atom stereocenters. The Morgan fingerprint density at radius 1 is 0.511 bits per heavy atom. The van der Waals surface area contributed by atoms with Gasteiger partial charge in [-0.1, -0.05) is 146 Å². The normalized spacial score (nSPS) is 12.3. The Labute approximate surface area is 273 Å². The van der Waals surface area contributed by atoms with Crippen molar-refractivity contribution in [1.29, 1.82) is 0 Å². The average molecular weight is 606 g/mol. The van der Waals surface area contributed by atoms with Gasteiger partial charge in [-0.05, 0) is 56.8 Å². The van der Waals surface area contributed by atoms with E-state index in [9.17, 15) is 0 Å². The second kappa shape index (κ2) is 12.3. The molecule has 0 spiro atoms. The summed E-state index contributed by atoms with van der Waals surface area (Å²) in [6.45, 7) is 0.417. The van der Waals surface area contributed by atoms with Gasteiger partial charge in [0.05, 0.1) is 6.54 Å². The van der Waals surface area contributed by atoms with Crippen LogP contribution in [0.15, 0.2) is 178 Å². The topological polar surface area (TPSA) is 63.9 Å². The average Bonchev–Trinajstić information content (AvgIpc) is 3.52. The zero-order valence-corrected chi connectivity index (χ0v) is 25.7. The van der Waals surface area contributed by atoms with Crippen molar-refractivity contribution in [2.45, 2.75) is 6.54 Å². The largest absolute Gasteiger partial charge is 0.456 e. The van der Waals surface area contributed by atoms with Crippen molar-refractivity contribution in [1.82, 2.24) is 0 Å². The summed E-state index contributed by atoms with van der Waals surface area (Å²) in [5, 5.41) is 4.57. The smallest absolute Gasteiger partial charge is 0.157 e. The molecule has 0 fully saturated rings. The number of amidine groups is 2. The van der Waals surface area contributed by atoms with Crippen molar-refractivity contribution in [2.24, 2.45) is 15.7 Å². The Bertz CT molecular complexity index is 2430. The first kappa shape index (κ1) is 28.2. The molecular weight excluding hydrogens is 574 g/mol. The van der Waals surface area contributed by atoms with Crippen LogP contribution in [0.1, 0.15) is 16.7 Å². The molecule has 7 aromatic carbocycles. The molecule has 4 heteroatoms. The molecule has 0 radical (unpaired) electrons.